The van der Waals surface area contributed by atoms with Crippen molar-refractivity contribution in [3.8, 4) is 0 Å². The van der Waals surface area contributed by atoms with E-state index in [2.05, 4.69) is 20.8 Å². The van der Waals surface area contributed by atoms with Gasteiger partial charge in [0.2, 0.25) is 0 Å². The van der Waals surface area contributed by atoms with E-state index in [0.717, 1.165) is 32.1 Å². The Kier molecular flexibility index (Phi) is 3.85. The Bertz CT molecular complexity index is 650. The Balaban J connectivity index is 1.73. The molecule has 1 N–H and O–H groups in total. The van der Waals surface area contributed by atoms with Crippen LogP contribution in [0.15, 0.2) is 11.6 Å². The van der Waals surface area contributed by atoms with Gasteiger partial charge in [0.25, 0.3) is 0 Å². The second kappa shape index (κ2) is 5.52. The maximum atomic E-state index is 12.3. The normalized spacial score (nSPS) is 52.0. The molecule has 0 saturated heterocycles. The Morgan fingerprint density at radius 1 is 1.20 bits per heavy atom. The topological polar surface area (TPSA) is 54.4 Å². The Morgan fingerprint density at radius 3 is 2.60 bits per heavy atom. The zero-order valence-electron chi connectivity index (χ0n) is 16.0. The summed E-state index contributed by atoms with van der Waals surface area (Å²) in [5.74, 6) is 2.31. The van der Waals surface area contributed by atoms with Crippen molar-refractivity contribution in [3.63, 3.8) is 0 Å². The lowest BCUT2D eigenvalue weighted by Gasteiger charge is -2.59. The molecule has 3 fully saturated rings. The van der Waals surface area contributed by atoms with Crippen LogP contribution in [-0.2, 0) is 9.59 Å². The second-order valence-electron chi connectivity index (χ2n) is 9.93. The van der Waals surface area contributed by atoms with Crippen molar-refractivity contribution in [2.45, 2.75) is 72.3 Å². The molecule has 8 atom stereocenters. The second-order valence-corrected chi connectivity index (χ2v) is 9.93. The third kappa shape index (κ3) is 2.27. The maximum Gasteiger partial charge on any atom is 0.155 e. The molecule has 4 aliphatic rings. The number of carbonyl (C=O) groups is 2. The highest BCUT2D eigenvalue weighted by molar-refractivity contribution is 5.91. The van der Waals surface area contributed by atoms with Gasteiger partial charge in [-0.1, -0.05) is 26.3 Å². The van der Waals surface area contributed by atoms with Gasteiger partial charge in [-0.3, -0.25) is 9.59 Å². The minimum Gasteiger partial charge on any atom is -0.392 e. The highest BCUT2D eigenvalue weighted by atomic mass is 16.3. The van der Waals surface area contributed by atoms with E-state index in [9.17, 15) is 14.7 Å². The molecule has 3 saturated carbocycles. The largest absolute Gasteiger partial charge is 0.392 e. The number of Topliss-reactive ketones (excluding diaryl/α,β-unsaturated/α-hetero) is 1. The predicted octanol–water partition coefficient (Wildman–Crippen LogP) is 3.94. The van der Waals surface area contributed by atoms with Crippen molar-refractivity contribution in [1.82, 2.24) is 0 Å². The molecule has 138 valence electrons. The van der Waals surface area contributed by atoms with Gasteiger partial charge in [-0.2, -0.15) is 0 Å². The average Bonchev–Trinajstić information content (AvgIpc) is 2.80. The van der Waals surface area contributed by atoms with Gasteiger partial charge in [0, 0.05) is 12.3 Å². The molecule has 4 aliphatic carbocycles. The Morgan fingerprint density at radius 2 is 1.92 bits per heavy atom. The first-order valence-corrected chi connectivity index (χ1v) is 10.1. The summed E-state index contributed by atoms with van der Waals surface area (Å²) < 4.78 is 0. The van der Waals surface area contributed by atoms with Crippen molar-refractivity contribution in [2.24, 2.45) is 40.4 Å². The number of aliphatic hydroxyl groups is 1. The number of fused-ring (bicyclic) bond motifs is 5. The number of rotatable bonds is 1. The summed E-state index contributed by atoms with van der Waals surface area (Å²) in [4.78, 5) is 24.3. The minimum atomic E-state index is -0.473. The predicted molar refractivity (Wildman–Crippen MR) is 96.8 cm³/mol. The Hall–Kier alpha value is -0.960. The van der Waals surface area contributed by atoms with Crippen LogP contribution < -0.4 is 0 Å². The maximum absolute atomic E-state index is 12.3. The lowest BCUT2D eigenvalue weighted by Crippen LogP contribution is -2.52. The summed E-state index contributed by atoms with van der Waals surface area (Å²) in [5.41, 5.74) is 1.47. The molecule has 3 nitrogen and oxygen atoms in total. The summed E-state index contributed by atoms with van der Waals surface area (Å²) in [6.45, 7) is 8.58. The highest BCUT2D eigenvalue weighted by Gasteiger charge is 2.62. The average molecular weight is 344 g/mol. The standard InChI is InChI=1S/C22H32O3/c1-12-9-15-16(21(3)7-5-14(24)10-17(12)21)6-8-22(4)18(15)11-19(25)20(22)13(2)23/h10,12,15-16,18-20,25H,5-9,11H2,1-4H3/t12?,15-,16+,18+,19?,20+,21-,22+/m1/s1. The molecule has 0 spiro atoms. The van der Waals surface area contributed by atoms with Gasteiger partial charge in [0.1, 0.15) is 5.78 Å². The molecule has 0 aliphatic heterocycles. The molecule has 2 unspecified atom stereocenters. The van der Waals surface area contributed by atoms with Crippen molar-refractivity contribution in [2.75, 3.05) is 0 Å². The number of hydrogen-bond acceptors (Lipinski definition) is 3. The Labute approximate surface area is 151 Å². The third-order valence-corrected chi connectivity index (χ3v) is 8.75. The van der Waals surface area contributed by atoms with Crippen LogP contribution in [0.5, 0.6) is 0 Å². The van der Waals surface area contributed by atoms with E-state index in [-0.39, 0.29) is 22.5 Å². The number of aliphatic hydroxyl groups excluding tert-OH is 1. The van der Waals surface area contributed by atoms with E-state index in [1.54, 1.807) is 6.92 Å². The van der Waals surface area contributed by atoms with Crippen LogP contribution >= 0.6 is 0 Å². The molecular weight excluding hydrogens is 312 g/mol. The van der Waals surface area contributed by atoms with E-state index < -0.39 is 6.10 Å². The van der Waals surface area contributed by atoms with Crippen molar-refractivity contribution < 1.29 is 14.7 Å². The number of hydrogen-bond donors (Lipinski definition) is 1. The fourth-order valence-electron chi connectivity index (χ4n) is 7.73. The monoisotopic (exact) mass is 344 g/mol. The van der Waals surface area contributed by atoms with Crippen LogP contribution in [-0.4, -0.2) is 22.8 Å². The summed E-state index contributed by atoms with van der Waals surface area (Å²) in [5, 5.41) is 10.7. The molecule has 4 rings (SSSR count). The van der Waals surface area contributed by atoms with Gasteiger partial charge >= 0.3 is 0 Å². The number of ketones is 2. The van der Waals surface area contributed by atoms with Gasteiger partial charge in [-0.15, -0.1) is 0 Å². The smallest absolute Gasteiger partial charge is 0.155 e. The van der Waals surface area contributed by atoms with Crippen LogP contribution in [0.1, 0.15) is 66.2 Å². The van der Waals surface area contributed by atoms with Crippen LogP contribution in [0, 0.1) is 40.4 Å². The van der Waals surface area contributed by atoms with E-state index in [1.807, 2.05) is 6.08 Å². The first-order valence-electron chi connectivity index (χ1n) is 10.1. The number of allylic oxidation sites excluding steroid dienone is 1. The van der Waals surface area contributed by atoms with E-state index in [1.165, 1.54) is 5.57 Å². The molecule has 0 aromatic carbocycles. The van der Waals surface area contributed by atoms with Crippen molar-refractivity contribution >= 4 is 11.6 Å². The van der Waals surface area contributed by atoms with Crippen molar-refractivity contribution in [3.05, 3.63) is 11.6 Å². The third-order valence-electron chi connectivity index (χ3n) is 8.75. The summed E-state index contributed by atoms with van der Waals surface area (Å²) in [6.07, 6.45) is 7.19. The summed E-state index contributed by atoms with van der Waals surface area (Å²) >= 11 is 0. The summed E-state index contributed by atoms with van der Waals surface area (Å²) in [6, 6.07) is 0. The van der Waals surface area contributed by atoms with Gasteiger partial charge in [0.15, 0.2) is 5.78 Å². The van der Waals surface area contributed by atoms with E-state index in [4.69, 9.17) is 0 Å². The zero-order chi connectivity index (χ0) is 18.1. The molecular formula is C22H32O3. The van der Waals surface area contributed by atoms with Crippen molar-refractivity contribution in [1.29, 1.82) is 0 Å². The molecule has 0 radical (unpaired) electrons. The lowest BCUT2D eigenvalue weighted by atomic mass is 9.45. The van der Waals surface area contributed by atoms with Gasteiger partial charge in [-0.05, 0) is 79.6 Å². The lowest BCUT2D eigenvalue weighted by molar-refractivity contribution is -0.132. The molecule has 3 heteroatoms. The molecule has 0 aromatic heterocycles. The SMILES string of the molecule is CC(=O)[C@H]1C(O)C[C@H]2[C@@H]3CC(C)C4=CC(=O)CC[C@]4(C)[C@H]3CC[C@]12C. The van der Waals surface area contributed by atoms with Gasteiger partial charge in [-0.25, -0.2) is 0 Å². The van der Waals surface area contributed by atoms with E-state index in [0.29, 0.717) is 35.9 Å². The summed E-state index contributed by atoms with van der Waals surface area (Å²) in [7, 11) is 0. The first-order chi connectivity index (χ1) is 11.7. The van der Waals surface area contributed by atoms with E-state index >= 15 is 0 Å². The van der Waals surface area contributed by atoms with Gasteiger partial charge in [0.05, 0.1) is 6.10 Å². The fraction of sp³-hybridized carbons (Fsp3) is 0.818. The molecule has 0 aromatic rings. The van der Waals surface area contributed by atoms with Crippen LogP contribution in [0.3, 0.4) is 0 Å². The van der Waals surface area contributed by atoms with Crippen LogP contribution in [0.4, 0.5) is 0 Å². The first kappa shape index (κ1) is 17.5. The number of carbonyl (C=O) groups excluding carboxylic acids is 2. The molecule has 0 bridgehead atoms. The van der Waals surface area contributed by atoms with Gasteiger partial charge < -0.3 is 5.11 Å². The molecule has 25 heavy (non-hydrogen) atoms. The quantitative estimate of drug-likeness (QED) is 0.784. The van der Waals surface area contributed by atoms with Crippen LogP contribution in [0.2, 0.25) is 0 Å². The zero-order valence-corrected chi connectivity index (χ0v) is 16.0. The molecule has 0 amide bonds. The fourth-order valence-corrected chi connectivity index (χ4v) is 7.73. The van der Waals surface area contributed by atoms with Crippen LogP contribution in [0.25, 0.3) is 0 Å². The minimum absolute atomic E-state index is 0.0474. The highest BCUT2D eigenvalue weighted by Crippen LogP contribution is 2.67. The molecule has 0 heterocycles.